The van der Waals surface area contributed by atoms with Crippen molar-refractivity contribution in [3.63, 3.8) is 0 Å². The molecule has 1 aromatic heterocycles. The third-order valence-corrected chi connectivity index (χ3v) is 6.67. The number of hydrogen-bond donors (Lipinski definition) is 1. The van der Waals surface area contributed by atoms with E-state index in [4.69, 9.17) is 14.2 Å². The summed E-state index contributed by atoms with van der Waals surface area (Å²) in [6.07, 6.45) is 1.17. The molecule has 4 rings (SSSR count). The predicted molar refractivity (Wildman–Crippen MR) is 135 cm³/mol. The molecule has 0 radical (unpaired) electrons. The average Bonchev–Trinajstić information content (AvgIpc) is 3.36. The van der Waals surface area contributed by atoms with Gasteiger partial charge in [0, 0.05) is 36.5 Å². The largest absolute Gasteiger partial charge is 0.490 e. The van der Waals surface area contributed by atoms with Crippen molar-refractivity contribution in [1.29, 1.82) is 0 Å². The first-order chi connectivity index (χ1) is 17.1. The number of thiophene rings is 1. The predicted octanol–water partition coefficient (Wildman–Crippen LogP) is 4.31. The number of carbonyl (C=O) groups excluding carboxylic acids is 2. The molecule has 0 atom stereocenters. The number of benzene rings is 2. The molecule has 7 nitrogen and oxygen atoms in total. The normalized spacial score (nSPS) is 12.5. The summed E-state index contributed by atoms with van der Waals surface area (Å²) in [7, 11) is 0. The van der Waals surface area contributed by atoms with Gasteiger partial charge in [-0.3, -0.25) is 9.59 Å². The maximum Gasteiger partial charge on any atom is 0.251 e. The standard InChI is InChI=1S/C27H30N2O5S/c1-2-32-24-18-20(8-9-23(24)34-16-15-33-22-6-4-3-5-7-22)27(31)28-13-10-26(30)29-14-11-25-21(19-29)12-17-35-25/h3-9,12,17-18H,2,10-11,13-16,19H2,1H3,(H,28,31). The third-order valence-electron chi connectivity index (χ3n) is 5.64. The number of ether oxygens (including phenoxy) is 3. The molecule has 0 spiro atoms. The average molecular weight is 495 g/mol. The van der Waals surface area contributed by atoms with E-state index in [9.17, 15) is 9.59 Å². The van der Waals surface area contributed by atoms with Gasteiger partial charge in [-0.25, -0.2) is 0 Å². The molecule has 0 saturated carbocycles. The summed E-state index contributed by atoms with van der Waals surface area (Å²) in [6.45, 7) is 4.71. The zero-order valence-electron chi connectivity index (χ0n) is 19.8. The number of fused-ring (bicyclic) bond motifs is 1. The fourth-order valence-electron chi connectivity index (χ4n) is 3.87. The highest BCUT2D eigenvalue weighted by molar-refractivity contribution is 7.10. The van der Waals surface area contributed by atoms with E-state index in [0.29, 0.717) is 43.4 Å². The molecule has 0 unspecified atom stereocenters. The number of carbonyl (C=O) groups is 2. The zero-order chi connectivity index (χ0) is 24.5. The highest BCUT2D eigenvalue weighted by Crippen LogP contribution is 2.29. The van der Waals surface area contributed by atoms with E-state index < -0.39 is 0 Å². The molecule has 35 heavy (non-hydrogen) atoms. The van der Waals surface area contributed by atoms with Gasteiger partial charge in [0.1, 0.15) is 19.0 Å². The molecule has 184 valence electrons. The lowest BCUT2D eigenvalue weighted by atomic mass is 10.1. The minimum Gasteiger partial charge on any atom is -0.490 e. The van der Waals surface area contributed by atoms with Crippen LogP contribution >= 0.6 is 11.3 Å². The zero-order valence-corrected chi connectivity index (χ0v) is 20.6. The molecule has 0 aliphatic carbocycles. The van der Waals surface area contributed by atoms with E-state index >= 15 is 0 Å². The topological polar surface area (TPSA) is 77.1 Å². The Morgan fingerprint density at radius 1 is 1.00 bits per heavy atom. The third kappa shape index (κ3) is 6.76. The Bertz CT molecular complexity index is 1130. The summed E-state index contributed by atoms with van der Waals surface area (Å²) in [5, 5.41) is 4.92. The van der Waals surface area contributed by atoms with E-state index in [-0.39, 0.29) is 24.8 Å². The second-order valence-electron chi connectivity index (χ2n) is 8.04. The molecule has 0 saturated heterocycles. The Balaban J connectivity index is 1.24. The molecule has 1 N–H and O–H groups in total. The first-order valence-corrected chi connectivity index (χ1v) is 12.7. The van der Waals surface area contributed by atoms with Crippen LogP contribution < -0.4 is 19.5 Å². The molecule has 1 aliphatic heterocycles. The second kappa shape index (κ2) is 12.3. The summed E-state index contributed by atoms with van der Waals surface area (Å²) < 4.78 is 17.1. The molecule has 3 aromatic rings. The molecule has 2 heterocycles. The van der Waals surface area contributed by atoms with Crippen molar-refractivity contribution in [2.45, 2.75) is 26.3 Å². The lowest BCUT2D eigenvalue weighted by molar-refractivity contribution is -0.131. The van der Waals surface area contributed by atoms with Crippen molar-refractivity contribution < 1.29 is 23.8 Å². The van der Waals surface area contributed by atoms with Crippen LogP contribution in [0.3, 0.4) is 0 Å². The molecule has 0 bridgehead atoms. The van der Waals surface area contributed by atoms with Gasteiger partial charge in [0.15, 0.2) is 11.5 Å². The van der Waals surface area contributed by atoms with E-state index in [1.54, 1.807) is 29.5 Å². The Morgan fingerprint density at radius 3 is 2.66 bits per heavy atom. The van der Waals surface area contributed by atoms with E-state index in [0.717, 1.165) is 18.7 Å². The van der Waals surface area contributed by atoms with E-state index in [2.05, 4.69) is 16.8 Å². The maximum absolute atomic E-state index is 12.7. The van der Waals surface area contributed by atoms with Gasteiger partial charge in [-0.1, -0.05) is 18.2 Å². The van der Waals surface area contributed by atoms with Gasteiger partial charge in [0.05, 0.1) is 6.61 Å². The monoisotopic (exact) mass is 494 g/mol. The summed E-state index contributed by atoms with van der Waals surface area (Å²) >= 11 is 1.75. The van der Waals surface area contributed by atoms with Crippen LogP contribution in [0.2, 0.25) is 0 Å². The van der Waals surface area contributed by atoms with Gasteiger partial charge >= 0.3 is 0 Å². The fourth-order valence-corrected chi connectivity index (χ4v) is 4.76. The van der Waals surface area contributed by atoms with Crippen LogP contribution in [0.1, 0.15) is 34.1 Å². The Labute approximate surface area is 209 Å². The summed E-state index contributed by atoms with van der Waals surface area (Å²) in [4.78, 5) is 28.5. The molecule has 1 aliphatic rings. The van der Waals surface area contributed by atoms with Gasteiger partial charge < -0.3 is 24.4 Å². The summed E-state index contributed by atoms with van der Waals surface area (Å²) in [5.74, 6) is 1.63. The van der Waals surface area contributed by atoms with Crippen molar-refractivity contribution in [2.24, 2.45) is 0 Å². The quantitative estimate of drug-likeness (QED) is 0.402. The highest BCUT2D eigenvalue weighted by Gasteiger charge is 2.21. The number of para-hydroxylation sites is 1. The van der Waals surface area contributed by atoms with Crippen LogP contribution in [0.15, 0.2) is 60.0 Å². The number of hydrogen-bond acceptors (Lipinski definition) is 6. The number of rotatable bonds is 11. The van der Waals surface area contributed by atoms with Crippen molar-refractivity contribution in [3.05, 3.63) is 76.0 Å². The molecular weight excluding hydrogens is 464 g/mol. The van der Waals surface area contributed by atoms with Crippen LogP contribution in [0.5, 0.6) is 17.2 Å². The molecule has 0 fully saturated rings. The SMILES string of the molecule is CCOc1cc(C(=O)NCCC(=O)N2CCc3sccc3C2)ccc1OCCOc1ccccc1. The van der Waals surface area contributed by atoms with Gasteiger partial charge in [-0.2, -0.15) is 0 Å². The lowest BCUT2D eigenvalue weighted by Gasteiger charge is -2.27. The Kier molecular flexibility index (Phi) is 8.62. The van der Waals surface area contributed by atoms with Gasteiger partial charge in [-0.05, 0) is 60.7 Å². The summed E-state index contributed by atoms with van der Waals surface area (Å²) in [6, 6.07) is 16.7. The fraction of sp³-hybridized carbons (Fsp3) is 0.333. The van der Waals surface area contributed by atoms with Crippen LogP contribution in [0, 0.1) is 0 Å². The van der Waals surface area contributed by atoms with Crippen molar-refractivity contribution in [1.82, 2.24) is 10.2 Å². The van der Waals surface area contributed by atoms with E-state index in [1.165, 1.54) is 10.4 Å². The van der Waals surface area contributed by atoms with Crippen LogP contribution in [0.4, 0.5) is 0 Å². The molecule has 2 aromatic carbocycles. The van der Waals surface area contributed by atoms with Crippen LogP contribution in [0.25, 0.3) is 0 Å². The van der Waals surface area contributed by atoms with E-state index in [1.807, 2.05) is 42.2 Å². The maximum atomic E-state index is 12.7. The molecule has 8 heteroatoms. The molecule has 2 amide bonds. The highest BCUT2D eigenvalue weighted by atomic mass is 32.1. The van der Waals surface area contributed by atoms with Crippen molar-refractivity contribution >= 4 is 23.2 Å². The smallest absolute Gasteiger partial charge is 0.251 e. The minimum atomic E-state index is -0.253. The molecular formula is C27H30N2O5S. The lowest BCUT2D eigenvalue weighted by Crippen LogP contribution is -2.37. The van der Waals surface area contributed by atoms with Gasteiger partial charge in [0.25, 0.3) is 5.91 Å². The van der Waals surface area contributed by atoms with Gasteiger partial charge in [0.2, 0.25) is 5.91 Å². The van der Waals surface area contributed by atoms with Crippen molar-refractivity contribution in [2.75, 3.05) is 32.9 Å². The van der Waals surface area contributed by atoms with Gasteiger partial charge in [-0.15, -0.1) is 11.3 Å². The Hall–Kier alpha value is -3.52. The number of amides is 2. The Morgan fingerprint density at radius 2 is 1.83 bits per heavy atom. The number of nitrogens with zero attached hydrogens (tertiary/aromatic N) is 1. The first-order valence-electron chi connectivity index (χ1n) is 11.8. The van der Waals surface area contributed by atoms with Crippen molar-refractivity contribution in [3.8, 4) is 17.2 Å². The second-order valence-corrected chi connectivity index (χ2v) is 9.05. The van der Waals surface area contributed by atoms with Crippen LogP contribution in [-0.4, -0.2) is 49.6 Å². The summed E-state index contributed by atoms with van der Waals surface area (Å²) in [5.41, 5.74) is 1.69. The minimum absolute atomic E-state index is 0.0543. The first kappa shape index (κ1) is 24.6. The van der Waals surface area contributed by atoms with Crippen LogP contribution in [-0.2, 0) is 17.8 Å². The number of nitrogens with one attached hydrogen (secondary N) is 1.